The molecule has 0 spiro atoms. The van der Waals surface area contributed by atoms with Crippen LogP contribution in [0.5, 0.6) is 11.5 Å². The van der Waals surface area contributed by atoms with E-state index in [1.54, 1.807) is 56.6 Å². The molecule has 32 heavy (non-hydrogen) atoms. The number of methoxy groups -OCH3 is 3. The maximum absolute atomic E-state index is 13.4. The van der Waals surface area contributed by atoms with E-state index in [1.165, 1.54) is 12.1 Å². The summed E-state index contributed by atoms with van der Waals surface area (Å²) >= 11 is 0. The van der Waals surface area contributed by atoms with Crippen molar-refractivity contribution < 1.29 is 23.4 Å². The second-order valence-electron chi connectivity index (χ2n) is 7.43. The van der Waals surface area contributed by atoms with E-state index >= 15 is 0 Å². The fourth-order valence-corrected chi connectivity index (χ4v) is 3.49. The van der Waals surface area contributed by atoms with Crippen molar-refractivity contribution in [1.82, 2.24) is 9.47 Å². The number of ether oxygens (including phenoxy) is 3. The zero-order valence-corrected chi connectivity index (χ0v) is 18.7. The maximum atomic E-state index is 13.4. The lowest BCUT2D eigenvalue weighted by Gasteiger charge is -2.24. The van der Waals surface area contributed by atoms with Gasteiger partial charge in [0.2, 0.25) is 0 Å². The van der Waals surface area contributed by atoms with Crippen molar-refractivity contribution in [3.05, 3.63) is 83.4 Å². The van der Waals surface area contributed by atoms with E-state index in [0.29, 0.717) is 49.7 Å². The number of carbonyl (C=O) groups is 1. The predicted octanol–water partition coefficient (Wildman–Crippen LogP) is 4.37. The molecule has 170 valence electrons. The molecule has 0 radical (unpaired) electrons. The van der Waals surface area contributed by atoms with Crippen LogP contribution in [0.2, 0.25) is 0 Å². The molecule has 1 heterocycles. The van der Waals surface area contributed by atoms with Crippen molar-refractivity contribution in [2.75, 3.05) is 34.5 Å². The van der Waals surface area contributed by atoms with Gasteiger partial charge in [0, 0.05) is 50.3 Å². The minimum Gasteiger partial charge on any atom is -0.497 e. The Morgan fingerprint density at radius 1 is 1.00 bits per heavy atom. The van der Waals surface area contributed by atoms with E-state index in [9.17, 15) is 9.18 Å². The molecule has 3 rings (SSSR count). The van der Waals surface area contributed by atoms with Crippen LogP contribution in [-0.2, 0) is 17.8 Å². The van der Waals surface area contributed by atoms with Gasteiger partial charge in [0.15, 0.2) is 0 Å². The van der Waals surface area contributed by atoms with Gasteiger partial charge in [-0.2, -0.15) is 0 Å². The molecular weight excluding hydrogens is 411 g/mol. The summed E-state index contributed by atoms with van der Waals surface area (Å²) in [4.78, 5) is 15.2. The molecule has 6 nitrogen and oxygen atoms in total. The zero-order valence-electron chi connectivity index (χ0n) is 18.7. The van der Waals surface area contributed by atoms with E-state index in [2.05, 4.69) is 4.57 Å². The van der Waals surface area contributed by atoms with Gasteiger partial charge in [0.05, 0.1) is 20.8 Å². The summed E-state index contributed by atoms with van der Waals surface area (Å²) in [6.45, 7) is 2.11. The van der Waals surface area contributed by atoms with Crippen molar-refractivity contribution in [2.45, 2.75) is 19.5 Å². The first-order chi connectivity index (χ1) is 15.5. The summed E-state index contributed by atoms with van der Waals surface area (Å²) in [6, 6.07) is 15.5. The van der Waals surface area contributed by atoms with Gasteiger partial charge < -0.3 is 23.7 Å². The molecule has 0 aliphatic carbocycles. The normalized spacial score (nSPS) is 10.8. The molecule has 0 N–H and O–H groups in total. The van der Waals surface area contributed by atoms with Gasteiger partial charge in [-0.15, -0.1) is 0 Å². The number of rotatable bonds is 11. The molecule has 7 heteroatoms. The number of hydrogen-bond acceptors (Lipinski definition) is 4. The van der Waals surface area contributed by atoms with Crippen molar-refractivity contribution in [3.8, 4) is 11.5 Å². The minimum absolute atomic E-state index is 0.118. The Labute approximate surface area is 188 Å². The van der Waals surface area contributed by atoms with Crippen LogP contribution >= 0.6 is 0 Å². The average Bonchev–Trinajstić information content (AvgIpc) is 3.25. The Bertz CT molecular complexity index is 995. The van der Waals surface area contributed by atoms with Crippen LogP contribution in [-0.4, -0.2) is 49.9 Å². The maximum Gasteiger partial charge on any atom is 0.254 e. The van der Waals surface area contributed by atoms with Crippen molar-refractivity contribution in [1.29, 1.82) is 0 Å². The molecule has 1 aromatic heterocycles. The fraction of sp³-hybridized carbons (Fsp3) is 0.320. The minimum atomic E-state index is -0.259. The van der Waals surface area contributed by atoms with E-state index in [4.69, 9.17) is 14.2 Å². The summed E-state index contributed by atoms with van der Waals surface area (Å²) in [5.74, 6) is 0.742. The molecular formula is C25H29FN2O4. The molecule has 2 aromatic carbocycles. The summed E-state index contributed by atoms with van der Waals surface area (Å²) in [5.41, 5.74) is 2.46. The molecule has 0 atom stereocenters. The quantitative estimate of drug-likeness (QED) is 0.416. The second kappa shape index (κ2) is 11.3. The first-order valence-corrected chi connectivity index (χ1v) is 10.4. The second-order valence-corrected chi connectivity index (χ2v) is 7.43. The topological polar surface area (TPSA) is 52.9 Å². The third kappa shape index (κ3) is 6.11. The largest absolute Gasteiger partial charge is 0.497 e. The van der Waals surface area contributed by atoms with E-state index in [1.807, 2.05) is 18.3 Å². The number of nitrogens with zero attached hydrogens (tertiary/aromatic N) is 2. The smallest absolute Gasteiger partial charge is 0.254 e. The molecule has 0 fully saturated rings. The zero-order chi connectivity index (χ0) is 22.9. The summed E-state index contributed by atoms with van der Waals surface area (Å²) in [6.07, 6.45) is 2.67. The Morgan fingerprint density at radius 2 is 1.69 bits per heavy atom. The van der Waals surface area contributed by atoms with E-state index < -0.39 is 0 Å². The third-order valence-corrected chi connectivity index (χ3v) is 5.20. The van der Waals surface area contributed by atoms with Crippen LogP contribution in [0.25, 0.3) is 0 Å². The van der Waals surface area contributed by atoms with Gasteiger partial charge in [-0.05, 0) is 48.4 Å². The van der Waals surface area contributed by atoms with Gasteiger partial charge in [-0.25, -0.2) is 4.39 Å². The summed E-state index contributed by atoms with van der Waals surface area (Å²) in [5, 5.41) is 0. The van der Waals surface area contributed by atoms with Crippen molar-refractivity contribution in [2.24, 2.45) is 0 Å². The number of amides is 1. The Morgan fingerprint density at radius 3 is 2.31 bits per heavy atom. The van der Waals surface area contributed by atoms with Gasteiger partial charge >= 0.3 is 0 Å². The fourth-order valence-electron chi connectivity index (χ4n) is 3.49. The van der Waals surface area contributed by atoms with Crippen molar-refractivity contribution in [3.63, 3.8) is 0 Å². The van der Waals surface area contributed by atoms with Crippen LogP contribution in [0, 0.1) is 5.82 Å². The molecule has 0 aliphatic heterocycles. The average molecular weight is 441 g/mol. The Hall–Kier alpha value is -3.32. The number of benzene rings is 2. The molecule has 0 unspecified atom stereocenters. The lowest BCUT2D eigenvalue weighted by molar-refractivity contribution is 0.0719. The predicted molar refractivity (Wildman–Crippen MR) is 121 cm³/mol. The third-order valence-electron chi connectivity index (χ3n) is 5.20. The van der Waals surface area contributed by atoms with Crippen LogP contribution in [0.4, 0.5) is 4.39 Å². The lowest BCUT2D eigenvalue weighted by atomic mass is 10.1. The van der Waals surface area contributed by atoms with Gasteiger partial charge in [0.1, 0.15) is 17.3 Å². The standard InChI is InChI=1S/C25H29FN2O4/c1-30-13-5-12-28(25(29)20-14-23(31-2)16-24(15-20)32-3)18-22-6-4-11-27(22)17-19-7-9-21(26)10-8-19/h4,6-11,14-16H,5,12-13,17-18H2,1-3H3. The first kappa shape index (κ1) is 23.3. The monoisotopic (exact) mass is 440 g/mol. The highest BCUT2D eigenvalue weighted by Crippen LogP contribution is 2.24. The lowest BCUT2D eigenvalue weighted by Crippen LogP contribution is -2.33. The number of carbonyl (C=O) groups excluding carboxylic acids is 1. The molecule has 0 bridgehead atoms. The summed E-state index contributed by atoms with van der Waals surface area (Å²) < 4.78 is 31.1. The van der Waals surface area contributed by atoms with Gasteiger partial charge in [-0.1, -0.05) is 12.1 Å². The number of aromatic nitrogens is 1. The van der Waals surface area contributed by atoms with E-state index in [0.717, 1.165) is 11.3 Å². The van der Waals surface area contributed by atoms with Crippen LogP contribution in [0.1, 0.15) is 28.0 Å². The van der Waals surface area contributed by atoms with Crippen LogP contribution in [0.15, 0.2) is 60.8 Å². The highest BCUT2D eigenvalue weighted by Gasteiger charge is 2.19. The van der Waals surface area contributed by atoms with Crippen LogP contribution in [0.3, 0.4) is 0 Å². The van der Waals surface area contributed by atoms with Gasteiger partial charge in [0.25, 0.3) is 5.91 Å². The van der Waals surface area contributed by atoms with E-state index in [-0.39, 0.29) is 11.7 Å². The molecule has 0 saturated carbocycles. The Balaban J connectivity index is 1.83. The molecule has 3 aromatic rings. The number of halogens is 1. The summed E-state index contributed by atoms with van der Waals surface area (Å²) in [7, 11) is 4.76. The van der Waals surface area contributed by atoms with Crippen LogP contribution < -0.4 is 9.47 Å². The molecule has 0 aliphatic rings. The number of hydrogen-bond donors (Lipinski definition) is 0. The first-order valence-electron chi connectivity index (χ1n) is 10.4. The molecule has 1 amide bonds. The Kier molecular flexibility index (Phi) is 8.27. The SMILES string of the molecule is COCCCN(Cc1cccn1Cc1ccc(F)cc1)C(=O)c1cc(OC)cc(OC)c1. The molecule has 0 saturated heterocycles. The highest BCUT2D eigenvalue weighted by atomic mass is 19.1. The highest BCUT2D eigenvalue weighted by molar-refractivity contribution is 5.95. The van der Waals surface area contributed by atoms with Gasteiger partial charge in [-0.3, -0.25) is 4.79 Å². The van der Waals surface area contributed by atoms with Crippen molar-refractivity contribution >= 4 is 5.91 Å².